The maximum absolute atomic E-state index is 12.9. The van der Waals surface area contributed by atoms with Crippen molar-refractivity contribution in [3.63, 3.8) is 0 Å². The molecule has 0 unspecified atom stereocenters. The van der Waals surface area contributed by atoms with E-state index in [1.54, 1.807) is 0 Å². The number of likely N-dealkylation sites (tertiary alicyclic amines) is 1. The van der Waals surface area contributed by atoms with Crippen LogP contribution in [-0.4, -0.2) is 63.7 Å². The number of aliphatic hydroxyl groups is 1. The van der Waals surface area contributed by atoms with Gasteiger partial charge in [-0.05, 0) is 43.9 Å². The zero-order valence-corrected chi connectivity index (χ0v) is 18.9. The molecule has 3 aromatic heterocycles. The number of aliphatic hydroxyl groups excluding tert-OH is 1. The number of hydrogen-bond donors (Lipinski definition) is 1. The summed E-state index contributed by atoms with van der Waals surface area (Å²) in [4.78, 5) is 26.7. The van der Waals surface area contributed by atoms with Gasteiger partial charge >= 0.3 is 5.63 Å². The fraction of sp³-hybridized carbons (Fsp3) is 0.400. The highest BCUT2D eigenvalue weighted by molar-refractivity contribution is 5.84. The summed E-state index contributed by atoms with van der Waals surface area (Å²) in [5, 5.41) is 10.1. The Bertz CT molecular complexity index is 1410. The molecule has 8 heteroatoms. The molecule has 33 heavy (non-hydrogen) atoms. The van der Waals surface area contributed by atoms with E-state index in [9.17, 15) is 9.90 Å². The van der Waals surface area contributed by atoms with Gasteiger partial charge in [-0.2, -0.15) is 0 Å². The second-order valence-electron chi connectivity index (χ2n) is 9.40. The Labute approximate surface area is 191 Å². The van der Waals surface area contributed by atoms with Crippen molar-refractivity contribution in [2.45, 2.75) is 13.8 Å². The van der Waals surface area contributed by atoms with E-state index >= 15 is 0 Å². The number of aryl methyl sites for hydroxylation is 2. The Morgan fingerprint density at radius 3 is 2.61 bits per heavy atom. The van der Waals surface area contributed by atoms with Crippen molar-refractivity contribution >= 4 is 22.3 Å². The first-order valence-corrected chi connectivity index (χ1v) is 11.5. The van der Waals surface area contributed by atoms with Crippen molar-refractivity contribution in [1.82, 2.24) is 19.3 Å². The lowest BCUT2D eigenvalue weighted by atomic mass is 10.0. The highest BCUT2D eigenvalue weighted by atomic mass is 16.4. The third kappa shape index (κ3) is 3.50. The predicted molar refractivity (Wildman–Crippen MR) is 127 cm³/mol. The average Bonchev–Trinajstić information content (AvgIpc) is 3.46. The van der Waals surface area contributed by atoms with Crippen LogP contribution in [0.15, 0.2) is 45.9 Å². The number of nitrogens with zero attached hydrogens (tertiary/aromatic N) is 5. The maximum Gasteiger partial charge on any atom is 0.345 e. The first-order valence-electron chi connectivity index (χ1n) is 11.5. The number of anilines is 1. The number of aromatic nitrogens is 3. The molecule has 1 aromatic carbocycles. The first kappa shape index (κ1) is 20.4. The molecule has 0 radical (unpaired) electrons. The maximum atomic E-state index is 12.9. The lowest BCUT2D eigenvalue weighted by molar-refractivity contribution is 0.214. The molecule has 2 saturated heterocycles. The van der Waals surface area contributed by atoms with E-state index in [2.05, 4.69) is 25.8 Å². The SMILES string of the molecule is Cc1cn2cc(-c3cc4ccc(N5C[C@H]6CN(CCO)C[C@H]6C5)cc4oc3=O)nc2c(C)n1. The van der Waals surface area contributed by atoms with Crippen LogP contribution in [0, 0.1) is 25.7 Å². The standard InChI is InChI=1S/C25H27N5O3/c1-15-9-30-14-22(27-24(30)16(2)26-15)21-7-17-3-4-20(8-23(17)33-25(21)32)29-12-18-10-28(5-6-31)11-19(18)13-29/h3-4,7-9,14,18-19,31H,5-6,10-13H2,1-2H3/t18-,19+. The molecule has 2 fully saturated rings. The molecule has 4 aromatic rings. The summed E-state index contributed by atoms with van der Waals surface area (Å²) in [6, 6.07) is 7.98. The van der Waals surface area contributed by atoms with E-state index in [0.29, 0.717) is 28.7 Å². The van der Waals surface area contributed by atoms with Crippen LogP contribution in [0.4, 0.5) is 5.69 Å². The molecule has 0 bridgehead atoms. The summed E-state index contributed by atoms with van der Waals surface area (Å²) in [6.07, 6.45) is 3.76. The Hall–Kier alpha value is -3.23. The molecule has 5 heterocycles. The normalized spacial score (nSPS) is 20.9. The second kappa shape index (κ2) is 7.67. The van der Waals surface area contributed by atoms with E-state index < -0.39 is 0 Å². The Morgan fingerprint density at radius 2 is 1.85 bits per heavy atom. The molecule has 0 amide bonds. The first-order chi connectivity index (χ1) is 16.0. The number of benzene rings is 1. The predicted octanol–water partition coefficient (Wildman–Crippen LogP) is 2.48. The molecule has 2 aliphatic heterocycles. The number of imidazole rings is 1. The van der Waals surface area contributed by atoms with Gasteiger partial charge in [0.2, 0.25) is 0 Å². The van der Waals surface area contributed by atoms with Gasteiger partial charge in [0.25, 0.3) is 0 Å². The van der Waals surface area contributed by atoms with Gasteiger partial charge in [-0.15, -0.1) is 0 Å². The number of fused-ring (bicyclic) bond motifs is 3. The fourth-order valence-corrected chi connectivity index (χ4v) is 5.53. The van der Waals surface area contributed by atoms with Gasteiger partial charge in [-0.1, -0.05) is 0 Å². The minimum atomic E-state index is -0.386. The molecule has 1 N–H and O–H groups in total. The second-order valence-corrected chi connectivity index (χ2v) is 9.40. The Balaban J connectivity index is 1.30. The van der Waals surface area contributed by atoms with Gasteiger partial charge < -0.3 is 23.7 Å². The molecule has 8 nitrogen and oxygen atoms in total. The van der Waals surface area contributed by atoms with E-state index in [1.807, 2.05) is 48.8 Å². The van der Waals surface area contributed by atoms with Crippen molar-refractivity contribution in [2.75, 3.05) is 44.2 Å². The van der Waals surface area contributed by atoms with Crippen LogP contribution in [0.2, 0.25) is 0 Å². The van der Waals surface area contributed by atoms with Gasteiger partial charge in [-0.3, -0.25) is 4.98 Å². The average molecular weight is 446 g/mol. The van der Waals surface area contributed by atoms with Crippen molar-refractivity contribution in [3.8, 4) is 11.3 Å². The summed E-state index contributed by atoms with van der Waals surface area (Å²) >= 11 is 0. The smallest absolute Gasteiger partial charge is 0.345 e. The van der Waals surface area contributed by atoms with Crippen LogP contribution in [0.1, 0.15) is 11.4 Å². The lowest BCUT2D eigenvalue weighted by Crippen LogP contribution is -2.30. The molecule has 2 atom stereocenters. The van der Waals surface area contributed by atoms with Crippen LogP contribution in [0.3, 0.4) is 0 Å². The fourth-order valence-electron chi connectivity index (χ4n) is 5.53. The molecular weight excluding hydrogens is 418 g/mol. The summed E-state index contributed by atoms with van der Waals surface area (Å²) in [5.74, 6) is 1.25. The van der Waals surface area contributed by atoms with Crippen LogP contribution in [-0.2, 0) is 0 Å². The molecule has 6 rings (SSSR count). The Morgan fingerprint density at radius 1 is 1.06 bits per heavy atom. The van der Waals surface area contributed by atoms with Gasteiger partial charge in [0.05, 0.1) is 29.3 Å². The molecule has 0 saturated carbocycles. The van der Waals surface area contributed by atoms with E-state index in [-0.39, 0.29) is 12.2 Å². The molecule has 0 aliphatic carbocycles. The van der Waals surface area contributed by atoms with Gasteiger partial charge in [0.1, 0.15) is 5.58 Å². The summed E-state index contributed by atoms with van der Waals surface area (Å²) in [7, 11) is 0. The monoisotopic (exact) mass is 445 g/mol. The zero-order valence-electron chi connectivity index (χ0n) is 18.9. The van der Waals surface area contributed by atoms with Crippen molar-refractivity contribution < 1.29 is 9.52 Å². The summed E-state index contributed by atoms with van der Waals surface area (Å²) in [5.41, 5.74) is 4.80. The number of hydrogen-bond acceptors (Lipinski definition) is 7. The van der Waals surface area contributed by atoms with Crippen molar-refractivity contribution in [3.05, 3.63) is 58.5 Å². The number of rotatable bonds is 4. The van der Waals surface area contributed by atoms with E-state index in [0.717, 1.165) is 60.8 Å². The lowest BCUT2D eigenvalue weighted by Gasteiger charge is -2.22. The summed E-state index contributed by atoms with van der Waals surface area (Å²) in [6.45, 7) is 8.91. The quantitative estimate of drug-likeness (QED) is 0.483. The molecule has 0 spiro atoms. The van der Waals surface area contributed by atoms with Crippen LogP contribution >= 0.6 is 0 Å². The van der Waals surface area contributed by atoms with Gasteiger partial charge in [-0.25, -0.2) is 9.78 Å². The minimum Gasteiger partial charge on any atom is -0.422 e. The van der Waals surface area contributed by atoms with E-state index in [1.165, 1.54) is 0 Å². The topological polar surface area (TPSA) is 87.1 Å². The van der Waals surface area contributed by atoms with Crippen molar-refractivity contribution in [1.29, 1.82) is 0 Å². The highest BCUT2D eigenvalue weighted by Gasteiger charge is 2.39. The minimum absolute atomic E-state index is 0.222. The van der Waals surface area contributed by atoms with Gasteiger partial charge in [0.15, 0.2) is 5.65 Å². The molecule has 2 aliphatic rings. The zero-order chi connectivity index (χ0) is 22.7. The summed E-state index contributed by atoms with van der Waals surface area (Å²) < 4.78 is 7.67. The van der Waals surface area contributed by atoms with Crippen molar-refractivity contribution in [2.24, 2.45) is 11.8 Å². The highest BCUT2D eigenvalue weighted by Crippen LogP contribution is 2.35. The Kier molecular flexibility index (Phi) is 4.74. The third-order valence-corrected chi connectivity index (χ3v) is 7.06. The molecular formula is C25H27N5O3. The largest absolute Gasteiger partial charge is 0.422 e. The molecule has 170 valence electrons. The van der Waals surface area contributed by atoms with Crippen LogP contribution in [0.5, 0.6) is 0 Å². The number of β-amino-alcohol motifs (C(OH)–C–C–N with tert-alkyl or cyclic N) is 1. The van der Waals surface area contributed by atoms with Crippen LogP contribution in [0.25, 0.3) is 27.9 Å². The van der Waals surface area contributed by atoms with Gasteiger partial charge in [0, 0.05) is 62.3 Å². The third-order valence-electron chi connectivity index (χ3n) is 7.06. The van der Waals surface area contributed by atoms with Crippen LogP contribution < -0.4 is 10.5 Å². The van der Waals surface area contributed by atoms with E-state index in [4.69, 9.17) is 4.42 Å².